The Morgan fingerprint density at radius 3 is 2.55 bits per heavy atom. The highest BCUT2D eigenvalue weighted by molar-refractivity contribution is 5.73. The van der Waals surface area contributed by atoms with E-state index in [4.69, 9.17) is 4.74 Å². The van der Waals surface area contributed by atoms with Crippen LogP contribution in [0.1, 0.15) is 31.7 Å². The summed E-state index contributed by atoms with van der Waals surface area (Å²) in [5, 5.41) is 5.64. The van der Waals surface area contributed by atoms with E-state index < -0.39 is 0 Å². The molecular formula is C17H29N3O2. The highest BCUT2D eigenvalue weighted by atomic mass is 16.5. The fourth-order valence-electron chi connectivity index (χ4n) is 2.07. The number of rotatable bonds is 9. The van der Waals surface area contributed by atoms with Crippen molar-refractivity contribution in [2.75, 3.05) is 40.3 Å². The van der Waals surface area contributed by atoms with Gasteiger partial charge in [0.1, 0.15) is 12.4 Å². The third kappa shape index (κ3) is 7.31. The number of para-hydroxylation sites is 1. The molecule has 5 heteroatoms. The zero-order chi connectivity index (χ0) is 16.4. The predicted molar refractivity (Wildman–Crippen MR) is 90.6 cm³/mol. The van der Waals surface area contributed by atoms with Gasteiger partial charge in [0.05, 0.1) is 6.54 Å². The second-order valence-electron chi connectivity index (χ2n) is 5.88. The summed E-state index contributed by atoms with van der Waals surface area (Å²) < 4.78 is 5.76. The first kappa shape index (κ1) is 18.3. The van der Waals surface area contributed by atoms with Crippen LogP contribution in [0.4, 0.5) is 4.79 Å². The Balaban J connectivity index is 2.19. The van der Waals surface area contributed by atoms with Crippen LogP contribution < -0.4 is 15.4 Å². The first-order chi connectivity index (χ1) is 10.5. The molecule has 0 unspecified atom stereocenters. The number of amides is 2. The summed E-state index contributed by atoms with van der Waals surface area (Å²) in [5.74, 6) is 1.31. The maximum absolute atomic E-state index is 11.6. The molecule has 0 saturated heterocycles. The molecule has 2 amide bonds. The number of carbonyl (C=O) groups is 1. The molecule has 22 heavy (non-hydrogen) atoms. The zero-order valence-electron chi connectivity index (χ0n) is 14.2. The van der Waals surface area contributed by atoms with Crippen molar-refractivity contribution in [3.8, 4) is 5.75 Å². The fraction of sp³-hybridized carbons (Fsp3) is 0.588. The lowest BCUT2D eigenvalue weighted by atomic mass is 10.0. The molecule has 0 saturated carbocycles. The zero-order valence-corrected chi connectivity index (χ0v) is 14.2. The molecule has 0 aromatic heterocycles. The van der Waals surface area contributed by atoms with Crippen molar-refractivity contribution in [3.63, 3.8) is 0 Å². The Morgan fingerprint density at radius 2 is 1.86 bits per heavy atom. The normalized spacial score (nSPS) is 10.8. The van der Waals surface area contributed by atoms with E-state index >= 15 is 0 Å². The third-order valence-electron chi connectivity index (χ3n) is 3.25. The van der Waals surface area contributed by atoms with Gasteiger partial charge in [-0.2, -0.15) is 0 Å². The molecule has 0 spiro atoms. The van der Waals surface area contributed by atoms with Crippen LogP contribution in [-0.4, -0.2) is 51.3 Å². The first-order valence-electron chi connectivity index (χ1n) is 7.89. The summed E-state index contributed by atoms with van der Waals surface area (Å²) in [7, 11) is 4.04. The first-order valence-corrected chi connectivity index (χ1v) is 7.89. The summed E-state index contributed by atoms with van der Waals surface area (Å²) >= 11 is 0. The van der Waals surface area contributed by atoms with E-state index in [0.29, 0.717) is 25.6 Å². The van der Waals surface area contributed by atoms with Gasteiger partial charge in [0, 0.05) is 6.54 Å². The molecule has 0 aliphatic carbocycles. The van der Waals surface area contributed by atoms with Crippen molar-refractivity contribution in [3.05, 3.63) is 29.8 Å². The van der Waals surface area contributed by atoms with Gasteiger partial charge in [-0.1, -0.05) is 32.0 Å². The van der Waals surface area contributed by atoms with Gasteiger partial charge in [0.2, 0.25) is 0 Å². The standard InChI is InChI=1S/C17H29N3O2/c1-14(2)15-8-5-6-9-16(15)22-13-11-19-17(21)18-10-7-12-20(3)4/h5-6,8-9,14H,7,10-13H2,1-4H3,(H2,18,19,21). The van der Waals surface area contributed by atoms with Crippen LogP contribution >= 0.6 is 0 Å². The van der Waals surface area contributed by atoms with Crippen LogP contribution in [0.3, 0.4) is 0 Å². The second-order valence-corrected chi connectivity index (χ2v) is 5.88. The number of nitrogens with zero attached hydrogens (tertiary/aromatic N) is 1. The molecule has 0 atom stereocenters. The molecule has 0 aliphatic heterocycles. The number of benzene rings is 1. The number of hydrogen-bond donors (Lipinski definition) is 2. The Hall–Kier alpha value is -1.75. The lowest BCUT2D eigenvalue weighted by molar-refractivity contribution is 0.235. The molecule has 0 bridgehead atoms. The molecule has 2 N–H and O–H groups in total. The van der Waals surface area contributed by atoms with Crippen LogP contribution in [0.15, 0.2) is 24.3 Å². The highest BCUT2D eigenvalue weighted by Crippen LogP contribution is 2.25. The Morgan fingerprint density at radius 1 is 1.18 bits per heavy atom. The lowest BCUT2D eigenvalue weighted by Gasteiger charge is -2.14. The number of carbonyl (C=O) groups excluding carboxylic acids is 1. The summed E-state index contributed by atoms with van der Waals surface area (Å²) in [6.07, 6.45) is 0.943. The van der Waals surface area contributed by atoms with E-state index in [9.17, 15) is 4.79 Å². The van der Waals surface area contributed by atoms with Crippen molar-refractivity contribution >= 4 is 6.03 Å². The maximum Gasteiger partial charge on any atom is 0.314 e. The molecule has 124 valence electrons. The van der Waals surface area contributed by atoms with Crippen molar-refractivity contribution in [2.24, 2.45) is 0 Å². The average Bonchev–Trinajstić information content (AvgIpc) is 2.48. The van der Waals surface area contributed by atoms with Gasteiger partial charge in [-0.05, 0) is 44.6 Å². The molecule has 1 aromatic carbocycles. The van der Waals surface area contributed by atoms with E-state index in [0.717, 1.165) is 18.7 Å². The van der Waals surface area contributed by atoms with Crippen LogP contribution in [-0.2, 0) is 0 Å². The van der Waals surface area contributed by atoms with Gasteiger partial charge in [0.25, 0.3) is 0 Å². The van der Waals surface area contributed by atoms with Crippen molar-refractivity contribution in [1.82, 2.24) is 15.5 Å². The van der Waals surface area contributed by atoms with E-state index in [1.165, 1.54) is 5.56 Å². The molecule has 1 aromatic rings. The smallest absolute Gasteiger partial charge is 0.314 e. The minimum Gasteiger partial charge on any atom is -0.491 e. The highest BCUT2D eigenvalue weighted by Gasteiger charge is 2.06. The average molecular weight is 307 g/mol. The Labute approximate surface area is 134 Å². The van der Waals surface area contributed by atoms with Gasteiger partial charge in [0.15, 0.2) is 0 Å². The molecule has 0 fully saturated rings. The van der Waals surface area contributed by atoms with Gasteiger partial charge >= 0.3 is 6.03 Å². The van der Waals surface area contributed by atoms with Gasteiger partial charge in [-0.25, -0.2) is 4.79 Å². The largest absolute Gasteiger partial charge is 0.491 e. The summed E-state index contributed by atoms with van der Waals surface area (Å²) in [6.45, 7) is 6.89. The van der Waals surface area contributed by atoms with Gasteiger partial charge < -0.3 is 20.3 Å². The van der Waals surface area contributed by atoms with Gasteiger partial charge in [-0.3, -0.25) is 0 Å². The molecule has 0 radical (unpaired) electrons. The number of urea groups is 1. The minimum atomic E-state index is -0.139. The monoisotopic (exact) mass is 307 g/mol. The summed E-state index contributed by atoms with van der Waals surface area (Å²) in [4.78, 5) is 13.7. The Kier molecular flexibility index (Phi) is 8.36. The number of nitrogens with one attached hydrogen (secondary N) is 2. The Bertz CT molecular complexity index is 447. The van der Waals surface area contributed by atoms with E-state index in [1.807, 2.05) is 32.3 Å². The SMILES string of the molecule is CC(C)c1ccccc1OCCNC(=O)NCCCN(C)C. The quantitative estimate of drug-likeness (QED) is 0.689. The molecule has 0 heterocycles. The van der Waals surface area contributed by atoms with Crippen molar-refractivity contribution in [2.45, 2.75) is 26.2 Å². The summed E-state index contributed by atoms with van der Waals surface area (Å²) in [6, 6.07) is 7.88. The van der Waals surface area contributed by atoms with Crippen LogP contribution in [0.5, 0.6) is 5.75 Å². The summed E-state index contributed by atoms with van der Waals surface area (Å²) in [5.41, 5.74) is 1.19. The van der Waals surface area contributed by atoms with Crippen molar-refractivity contribution < 1.29 is 9.53 Å². The van der Waals surface area contributed by atoms with Gasteiger partial charge in [-0.15, -0.1) is 0 Å². The maximum atomic E-state index is 11.6. The van der Waals surface area contributed by atoms with Crippen molar-refractivity contribution in [1.29, 1.82) is 0 Å². The van der Waals surface area contributed by atoms with Crippen LogP contribution in [0.2, 0.25) is 0 Å². The topological polar surface area (TPSA) is 53.6 Å². The molecule has 1 rings (SSSR count). The van der Waals surface area contributed by atoms with E-state index in [2.05, 4.69) is 35.4 Å². The predicted octanol–water partition coefficient (Wildman–Crippen LogP) is 2.44. The number of hydrogen-bond acceptors (Lipinski definition) is 3. The molecule has 5 nitrogen and oxygen atoms in total. The van der Waals surface area contributed by atoms with E-state index in [-0.39, 0.29) is 6.03 Å². The number of ether oxygens (including phenoxy) is 1. The lowest BCUT2D eigenvalue weighted by Crippen LogP contribution is -2.38. The molecular weight excluding hydrogens is 278 g/mol. The van der Waals surface area contributed by atoms with Crippen LogP contribution in [0.25, 0.3) is 0 Å². The van der Waals surface area contributed by atoms with Crippen LogP contribution in [0, 0.1) is 0 Å². The molecule has 0 aliphatic rings. The minimum absolute atomic E-state index is 0.139. The van der Waals surface area contributed by atoms with E-state index in [1.54, 1.807) is 0 Å². The third-order valence-corrected chi connectivity index (χ3v) is 3.25. The fourth-order valence-corrected chi connectivity index (χ4v) is 2.07. The second kappa shape index (κ2) is 10.1.